The molecular weight excluding hydrogens is 304 g/mol. The van der Waals surface area contributed by atoms with Crippen molar-refractivity contribution in [2.75, 3.05) is 19.0 Å². The number of nitrogens with one attached hydrogen (secondary N) is 2. The van der Waals surface area contributed by atoms with Gasteiger partial charge in [0.05, 0.1) is 20.1 Å². The van der Waals surface area contributed by atoms with E-state index in [0.717, 1.165) is 22.6 Å². The van der Waals surface area contributed by atoms with Crippen LogP contribution in [0.25, 0.3) is 0 Å². The highest BCUT2D eigenvalue weighted by molar-refractivity contribution is 5.94. The van der Waals surface area contributed by atoms with Gasteiger partial charge in [-0.1, -0.05) is 18.2 Å². The first-order valence-corrected chi connectivity index (χ1v) is 7.74. The summed E-state index contributed by atoms with van der Waals surface area (Å²) in [4.78, 5) is 23.8. The minimum atomic E-state index is -0.249. The maximum atomic E-state index is 11.9. The molecule has 0 bridgehead atoms. The van der Waals surface area contributed by atoms with Gasteiger partial charge in [0.2, 0.25) is 11.8 Å². The summed E-state index contributed by atoms with van der Waals surface area (Å²) in [6, 6.07) is 13.0. The average molecular weight is 326 g/mol. The van der Waals surface area contributed by atoms with Gasteiger partial charge in [-0.15, -0.1) is 0 Å². The maximum Gasteiger partial charge on any atom is 0.243 e. The minimum Gasteiger partial charge on any atom is -0.497 e. The number of anilines is 1. The monoisotopic (exact) mass is 326 g/mol. The molecule has 0 radical (unpaired) electrons. The Morgan fingerprint density at radius 2 is 1.67 bits per heavy atom. The number of carbonyl (C=O) groups is 2. The molecule has 126 valence electrons. The molecule has 0 spiro atoms. The highest BCUT2D eigenvalue weighted by Crippen LogP contribution is 2.14. The summed E-state index contributed by atoms with van der Waals surface area (Å²) in [6.07, 6.45) is 0.223. The highest BCUT2D eigenvalue weighted by atomic mass is 16.5. The third-order valence-electron chi connectivity index (χ3n) is 3.76. The first-order valence-electron chi connectivity index (χ1n) is 7.74. The quantitative estimate of drug-likeness (QED) is 0.857. The molecule has 0 aliphatic rings. The zero-order chi connectivity index (χ0) is 17.5. The first kappa shape index (κ1) is 17.5. The van der Waals surface area contributed by atoms with E-state index in [1.807, 2.05) is 44.2 Å². The van der Waals surface area contributed by atoms with Crippen LogP contribution in [-0.4, -0.2) is 25.5 Å². The van der Waals surface area contributed by atoms with Crippen LogP contribution in [0.1, 0.15) is 16.7 Å². The SMILES string of the molecule is COc1ccc(CC(=O)NCC(=O)Nc2ccc(C)c(C)c2)cc1. The van der Waals surface area contributed by atoms with Crippen molar-refractivity contribution < 1.29 is 14.3 Å². The molecule has 0 fully saturated rings. The molecule has 0 aromatic heterocycles. The van der Waals surface area contributed by atoms with E-state index in [-0.39, 0.29) is 24.8 Å². The van der Waals surface area contributed by atoms with Crippen LogP contribution in [0.5, 0.6) is 5.75 Å². The minimum absolute atomic E-state index is 0.0537. The highest BCUT2D eigenvalue weighted by Gasteiger charge is 2.07. The van der Waals surface area contributed by atoms with Crippen LogP contribution in [0.15, 0.2) is 42.5 Å². The van der Waals surface area contributed by atoms with Crippen molar-refractivity contribution >= 4 is 17.5 Å². The normalized spacial score (nSPS) is 10.1. The predicted octanol–water partition coefficient (Wildman–Crippen LogP) is 2.61. The lowest BCUT2D eigenvalue weighted by Crippen LogP contribution is -2.33. The number of rotatable bonds is 6. The fraction of sp³-hybridized carbons (Fsp3) is 0.263. The van der Waals surface area contributed by atoms with Gasteiger partial charge in [0.25, 0.3) is 0 Å². The van der Waals surface area contributed by atoms with Gasteiger partial charge in [-0.2, -0.15) is 0 Å². The second-order valence-corrected chi connectivity index (χ2v) is 5.65. The van der Waals surface area contributed by atoms with E-state index in [9.17, 15) is 9.59 Å². The second-order valence-electron chi connectivity index (χ2n) is 5.65. The van der Waals surface area contributed by atoms with Crippen molar-refractivity contribution in [3.63, 3.8) is 0 Å². The molecule has 0 aliphatic carbocycles. The van der Waals surface area contributed by atoms with E-state index in [0.29, 0.717) is 0 Å². The molecule has 0 heterocycles. The number of hydrogen-bond acceptors (Lipinski definition) is 3. The van der Waals surface area contributed by atoms with Gasteiger partial charge in [-0.25, -0.2) is 0 Å². The largest absolute Gasteiger partial charge is 0.497 e. The number of methoxy groups -OCH3 is 1. The van der Waals surface area contributed by atoms with Crippen molar-refractivity contribution in [3.8, 4) is 5.75 Å². The number of benzene rings is 2. The second kappa shape index (κ2) is 8.15. The zero-order valence-electron chi connectivity index (χ0n) is 14.2. The topological polar surface area (TPSA) is 67.4 Å². The number of aryl methyl sites for hydroxylation is 2. The molecule has 2 aromatic rings. The van der Waals surface area contributed by atoms with E-state index in [1.54, 1.807) is 19.2 Å². The molecule has 2 aromatic carbocycles. The van der Waals surface area contributed by atoms with Gasteiger partial charge in [-0.05, 0) is 54.8 Å². The van der Waals surface area contributed by atoms with Gasteiger partial charge < -0.3 is 15.4 Å². The third kappa shape index (κ3) is 5.12. The Hall–Kier alpha value is -2.82. The van der Waals surface area contributed by atoms with E-state index >= 15 is 0 Å². The maximum absolute atomic E-state index is 11.9. The Morgan fingerprint density at radius 3 is 2.29 bits per heavy atom. The molecule has 0 unspecified atom stereocenters. The lowest BCUT2D eigenvalue weighted by atomic mass is 10.1. The van der Waals surface area contributed by atoms with Crippen LogP contribution in [0.4, 0.5) is 5.69 Å². The van der Waals surface area contributed by atoms with Crippen LogP contribution in [0, 0.1) is 13.8 Å². The van der Waals surface area contributed by atoms with E-state index in [1.165, 1.54) is 5.56 Å². The number of amides is 2. The van der Waals surface area contributed by atoms with Crippen LogP contribution < -0.4 is 15.4 Å². The smallest absolute Gasteiger partial charge is 0.243 e. The van der Waals surface area contributed by atoms with Crippen LogP contribution in [0.2, 0.25) is 0 Å². The number of hydrogen-bond donors (Lipinski definition) is 2. The summed E-state index contributed by atoms with van der Waals surface area (Å²) < 4.78 is 5.07. The molecule has 5 nitrogen and oxygen atoms in total. The standard InChI is InChI=1S/C19H22N2O3/c1-13-4-7-16(10-14(13)2)21-19(23)12-20-18(22)11-15-5-8-17(24-3)9-6-15/h4-10H,11-12H2,1-3H3,(H,20,22)(H,21,23). The summed E-state index contributed by atoms with van der Waals surface area (Å²) in [5.74, 6) is 0.295. The summed E-state index contributed by atoms with van der Waals surface area (Å²) >= 11 is 0. The van der Waals surface area contributed by atoms with Gasteiger partial charge in [0.15, 0.2) is 0 Å². The number of ether oxygens (including phenoxy) is 1. The van der Waals surface area contributed by atoms with Crippen LogP contribution in [-0.2, 0) is 16.0 Å². The Balaban J connectivity index is 1.79. The average Bonchev–Trinajstić information content (AvgIpc) is 2.57. The lowest BCUT2D eigenvalue weighted by Gasteiger charge is -2.09. The zero-order valence-corrected chi connectivity index (χ0v) is 14.2. The lowest BCUT2D eigenvalue weighted by molar-refractivity contribution is -0.123. The van der Waals surface area contributed by atoms with Gasteiger partial charge in [0, 0.05) is 5.69 Å². The van der Waals surface area contributed by atoms with Crippen molar-refractivity contribution in [1.29, 1.82) is 0 Å². The molecule has 2 rings (SSSR count). The Labute approximate surface area is 142 Å². The summed E-state index contributed by atoms with van der Waals surface area (Å²) in [5, 5.41) is 5.40. The van der Waals surface area contributed by atoms with Gasteiger partial charge >= 0.3 is 0 Å². The third-order valence-corrected chi connectivity index (χ3v) is 3.76. The fourth-order valence-corrected chi connectivity index (χ4v) is 2.19. The Morgan fingerprint density at radius 1 is 0.958 bits per heavy atom. The molecule has 0 atom stereocenters. The van der Waals surface area contributed by atoms with Crippen molar-refractivity contribution in [1.82, 2.24) is 5.32 Å². The summed E-state index contributed by atoms with van der Waals surface area (Å²) in [6.45, 7) is 3.95. The van der Waals surface area contributed by atoms with Crippen LogP contribution >= 0.6 is 0 Å². The molecule has 0 aliphatic heterocycles. The van der Waals surface area contributed by atoms with Crippen molar-refractivity contribution in [3.05, 3.63) is 59.2 Å². The Kier molecular flexibility index (Phi) is 5.95. The molecule has 0 saturated carbocycles. The van der Waals surface area contributed by atoms with E-state index in [2.05, 4.69) is 10.6 Å². The molecular formula is C19H22N2O3. The molecule has 5 heteroatoms. The summed E-state index contributed by atoms with van der Waals surface area (Å²) in [5.41, 5.74) is 3.87. The van der Waals surface area contributed by atoms with Gasteiger partial charge in [-0.3, -0.25) is 9.59 Å². The van der Waals surface area contributed by atoms with Gasteiger partial charge in [0.1, 0.15) is 5.75 Å². The van der Waals surface area contributed by atoms with Crippen molar-refractivity contribution in [2.45, 2.75) is 20.3 Å². The Bertz CT molecular complexity index is 724. The molecule has 0 saturated heterocycles. The molecule has 2 amide bonds. The molecule has 24 heavy (non-hydrogen) atoms. The summed E-state index contributed by atoms with van der Waals surface area (Å²) in [7, 11) is 1.59. The molecule has 2 N–H and O–H groups in total. The van der Waals surface area contributed by atoms with Crippen LogP contribution in [0.3, 0.4) is 0 Å². The first-order chi connectivity index (χ1) is 11.5. The van der Waals surface area contributed by atoms with E-state index < -0.39 is 0 Å². The predicted molar refractivity (Wildman–Crippen MR) is 94.3 cm³/mol. The van der Waals surface area contributed by atoms with E-state index in [4.69, 9.17) is 4.74 Å². The number of carbonyl (C=O) groups excluding carboxylic acids is 2. The fourth-order valence-electron chi connectivity index (χ4n) is 2.19. The van der Waals surface area contributed by atoms with Crippen molar-refractivity contribution in [2.24, 2.45) is 0 Å².